The fraction of sp³-hybridized carbons (Fsp3) is 0.133. The van der Waals surface area contributed by atoms with E-state index in [1.807, 2.05) is 0 Å². The van der Waals surface area contributed by atoms with Crippen molar-refractivity contribution in [3.05, 3.63) is 65.2 Å². The predicted molar refractivity (Wildman–Crippen MR) is 90.5 cm³/mol. The quantitative estimate of drug-likeness (QED) is 0.698. The van der Waals surface area contributed by atoms with Crippen LogP contribution in [0.5, 0.6) is 0 Å². The molecule has 124 valence electrons. The van der Waals surface area contributed by atoms with Crippen molar-refractivity contribution in [2.75, 3.05) is 0 Å². The van der Waals surface area contributed by atoms with Gasteiger partial charge >= 0.3 is 0 Å². The van der Waals surface area contributed by atoms with E-state index in [1.54, 1.807) is 48.8 Å². The van der Waals surface area contributed by atoms with Gasteiger partial charge < -0.3 is 0 Å². The van der Waals surface area contributed by atoms with Gasteiger partial charge in [0.1, 0.15) is 5.82 Å². The summed E-state index contributed by atoms with van der Waals surface area (Å²) in [6, 6.07) is 10.2. The maximum atomic E-state index is 12.1. The molecule has 24 heavy (non-hydrogen) atoms. The lowest BCUT2D eigenvalue weighted by Gasteiger charge is -2.05. The molecule has 0 unspecified atom stereocenters. The van der Waals surface area contributed by atoms with Gasteiger partial charge in [-0.25, -0.2) is 18.1 Å². The minimum absolute atomic E-state index is 0.0357. The molecule has 0 spiro atoms. The third-order valence-corrected chi connectivity index (χ3v) is 4.75. The Balaban J connectivity index is 1.63. The molecule has 0 saturated carbocycles. The summed E-state index contributed by atoms with van der Waals surface area (Å²) in [6.07, 6.45) is 3.28. The summed E-state index contributed by atoms with van der Waals surface area (Å²) < 4.78 is 26.7. The molecule has 3 aromatic rings. The Morgan fingerprint density at radius 2 is 1.79 bits per heavy atom. The van der Waals surface area contributed by atoms with E-state index in [-0.39, 0.29) is 12.3 Å². The zero-order chi connectivity index (χ0) is 17.0. The molecule has 0 atom stereocenters. The third kappa shape index (κ3) is 4.38. The van der Waals surface area contributed by atoms with E-state index in [9.17, 15) is 8.42 Å². The Morgan fingerprint density at radius 3 is 2.50 bits per heavy atom. The summed E-state index contributed by atoms with van der Waals surface area (Å²) in [5.74, 6) is 0.793. The first-order valence-electron chi connectivity index (χ1n) is 7.05. The van der Waals surface area contributed by atoms with Crippen molar-refractivity contribution in [1.29, 1.82) is 0 Å². The number of hydrogen-bond donors (Lipinski definition) is 2. The van der Waals surface area contributed by atoms with Crippen molar-refractivity contribution in [2.24, 2.45) is 0 Å². The van der Waals surface area contributed by atoms with Crippen LogP contribution in [0, 0.1) is 0 Å². The zero-order valence-corrected chi connectivity index (χ0v) is 14.0. The van der Waals surface area contributed by atoms with Crippen LogP contribution in [-0.2, 0) is 22.3 Å². The molecule has 1 aromatic carbocycles. The summed E-state index contributed by atoms with van der Waals surface area (Å²) >= 11 is 5.79. The first-order chi connectivity index (χ1) is 11.5. The number of sulfonamides is 1. The van der Waals surface area contributed by atoms with Crippen molar-refractivity contribution in [1.82, 2.24) is 24.9 Å². The fourth-order valence-electron chi connectivity index (χ4n) is 2.03. The van der Waals surface area contributed by atoms with Crippen LogP contribution in [0.2, 0.25) is 5.02 Å². The molecule has 0 radical (unpaired) electrons. The van der Waals surface area contributed by atoms with Crippen LogP contribution >= 0.6 is 11.6 Å². The molecule has 7 nitrogen and oxygen atoms in total. The highest BCUT2D eigenvalue weighted by Gasteiger charge is 2.13. The second-order valence-electron chi connectivity index (χ2n) is 5.05. The van der Waals surface area contributed by atoms with Gasteiger partial charge in [-0.05, 0) is 29.8 Å². The molecular weight excluding hydrogens is 350 g/mol. The zero-order valence-electron chi connectivity index (χ0n) is 12.5. The van der Waals surface area contributed by atoms with Crippen LogP contribution in [0.15, 0.2) is 48.8 Å². The van der Waals surface area contributed by atoms with Crippen molar-refractivity contribution in [3.8, 4) is 11.4 Å². The molecule has 0 fully saturated rings. The predicted octanol–water partition coefficient (Wildman–Crippen LogP) is 2.14. The van der Waals surface area contributed by atoms with Crippen LogP contribution in [0.1, 0.15) is 11.4 Å². The van der Waals surface area contributed by atoms with E-state index in [0.29, 0.717) is 22.2 Å². The largest absolute Gasteiger partial charge is 0.265 e. The summed E-state index contributed by atoms with van der Waals surface area (Å²) in [5, 5.41) is 7.35. The lowest BCUT2D eigenvalue weighted by atomic mass is 10.2. The Hall–Kier alpha value is -2.29. The lowest BCUT2D eigenvalue weighted by molar-refractivity contribution is 0.578. The molecule has 0 amide bonds. The van der Waals surface area contributed by atoms with Gasteiger partial charge in [-0.1, -0.05) is 23.7 Å². The number of benzene rings is 1. The summed E-state index contributed by atoms with van der Waals surface area (Å²) in [4.78, 5) is 8.19. The average molecular weight is 364 g/mol. The van der Waals surface area contributed by atoms with Crippen LogP contribution in [0.25, 0.3) is 11.4 Å². The average Bonchev–Trinajstić information content (AvgIpc) is 3.05. The highest BCUT2D eigenvalue weighted by atomic mass is 35.5. The number of aromatic nitrogens is 4. The van der Waals surface area contributed by atoms with Crippen LogP contribution in [0.3, 0.4) is 0 Å². The summed E-state index contributed by atoms with van der Waals surface area (Å²) in [7, 11) is -3.49. The molecular formula is C15H14ClN5O2S. The molecule has 2 aromatic heterocycles. The highest BCUT2D eigenvalue weighted by Crippen LogP contribution is 2.13. The van der Waals surface area contributed by atoms with E-state index in [4.69, 9.17) is 11.6 Å². The number of hydrogen-bond acceptors (Lipinski definition) is 5. The Labute approximate surface area is 144 Å². The first-order valence-corrected chi connectivity index (χ1v) is 9.08. The van der Waals surface area contributed by atoms with Crippen molar-refractivity contribution in [3.63, 3.8) is 0 Å². The van der Waals surface area contributed by atoms with E-state index in [2.05, 4.69) is 24.9 Å². The van der Waals surface area contributed by atoms with Gasteiger partial charge in [0.2, 0.25) is 10.0 Å². The number of nitrogens with one attached hydrogen (secondary N) is 2. The highest BCUT2D eigenvalue weighted by molar-refractivity contribution is 7.88. The maximum Gasteiger partial charge on any atom is 0.216 e. The van der Waals surface area contributed by atoms with Crippen molar-refractivity contribution < 1.29 is 8.42 Å². The number of aromatic amines is 1. The van der Waals surface area contributed by atoms with Gasteiger partial charge in [-0.3, -0.25) is 10.1 Å². The number of halogens is 1. The number of nitrogens with zero attached hydrogens (tertiary/aromatic N) is 3. The van der Waals surface area contributed by atoms with E-state index >= 15 is 0 Å². The topological polar surface area (TPSA) is 101 Å². The van der Waals surface area contributed by atoms with E-state index < -0.39 is 10.0 Å². The van der Waals surface area contributed by atoms with Crippen LogP contribution in [0.4, 0.5) is 0 Å². The molecule has 0 saturated heterocycles. The molecule has 0 aliphatic rings. The van der Waals surface area contributed by atoms with Crippen LogP contribution in [-0.4, -0.2) is 28.6 Å². The number of H-pyrrole nitrogens is 1. The molecule has 0 aliphatic heterocycles. The van der Waals surface area contributed by atoms with E-state index in [0.717, 1.165) is 5.56 Å². The van der Waals surface area contributed by atoms with Gasteiger partial charge in [0.15, 0.2) is 5.82 Å². The Kier molecular flexibility index (Phi) is 4.89. The minimum atomic E-state index is -3.49. The molecule has 2 heterocycles. The maximum absolute atomic E-state index is 12.1. The van der Waals surface area contributed by atoms with Gasteiger partial charge in [-0.2, -0.15) is 5.10 Å². The second kappa shape index (κ2) is 7.08. The van der Waals surface area contributed by atoms with Crippen molar-refractivity contribution in [2.45, 2.75) is 12.3 Å². The minimum Gasteiger partial charge on any atom is -0.265 e. The molecule has 0 aliphatic carbocycles. The molecule has 3 rings (SSSR count). The van der Waals surface area contributed by atoms with Crippen molar-refractivity contribution >= 4 is 21.6 Å². The Bertz CT molecular complexity index is 911. The SMILES string of the molecule is O=S(=O)(Cc1ccc(Cl)cc1)NCc1nc(-c2ccncc2)n[nH]1. The standard InChI is InChI=1S/C15H14ClN5O2S/c16-13-3-1-11(2-4-13)10-24(22,23)18-9-14-19-15(21-20-14)12-5-7-17-8-6-12/h1-8,18H,9-10H2,(H,19,20,21). The van der Waals surface area contributed by atoms with Gasteiger partial charge in [0, 0.05) is 23.0 Å². The summed E-state index contributed by atoms with van der Waals surface area (Å²) in [5.41, 5.74) is 1.46. The second-order valence-corrected chi connectivity index (χ2v) is 7.29. The fourth-order valence-corrected chi connectivity index (χ4v) is 3.25. The smallest absolute Gasteiger partial charge is 0.216 e. The van der Waals surface area contributed by atoms with Gasteiger partial charge in [0.05, 0.1) is 12.3 Å². The molecule has 9 heteroatoms. The first kappa shape index (κ1) is 16.6. The molecule has 0 bridgehead atoms. The monoisotopic (exact) mass is 363 g/mol. The molecule has 2 N–H and O–H groups in total. The van der Waals surface area contributed by atoms with Gasteiger partial charge in [0.25, 0.3) is 0 Å². The third-order valence-electron chi connectivity index (χ3n) is 3.20. The van der Waals surface area contributed by atoms with Crippen LogP contribution < -0.4 is 4.72 Å². The van der Waals surface area contributed by atoms with E-state index in [1.165, 1.54) is 0 Å². The number of rotatable bonds is 6. The van der Waals surface area contributed by atoms with Gasteiger partial charge in [-0.15, -0.1) is 0 Å². The Morgan fingerprint density at radius 1 is 1.08 bits per heavy atom. The lowest BCUT2D eigenvalue weighted by Crippen LogP contribution is -2.25. The normalized spacial score (nSPS) is 11.5. The summed E-state index contributed by atoms with van der Waals surface area (Å²) in [6.45, 7) is 0.0357. The number of pyridine rings is 1.